The highest BCUT2D eigenvalue weighted by molar-refractivity contribution is 7.89. The number of rotatable bonds is 5. The molecule has 156 valence electrons. The summed E-state index contributed by atoms with van der Waals surface area (Å²) in [4.78, 5) is 12.7. The molecular weight excluding hydrogens is 402 g/mol. The Bertz CT molecular complexity index is 1020. The quantitative estimate of drug-likeness (QED) is 0.801. The van der Waals surface area contributed by atoms with Gasteiger partial charge in [0.1, 0.15) is 0 Å². The number of hydrogen-bond acceptors (Lipinski definition) is 4. The number of carbonyl (C=O) groups is 1. The summed E-state index contributed by atoms with van der Waals surface area (Å²) in [6.45, 7) is 4.45. The van der Waals surface area contributed by atoms with Crippen molar-refractivity contribution in [2.24, 2.45) is 0 Å². The number of aryl methyl sites for hydroxylation is 1. The zero-order chi connectivity index (χ0) is 21.2. The topological polar surface area (TPSA) is 75.7 Å². The minimum atomic E-state index is -3.76. The van der Waals surface area contributed by atoms with E-state index in [0.717, 1.165) is 12.1 Å². The Morgan fingerprint density at radius 3 is 2.45 bits per heavy atom. The lowest BCUT2D eigenvalue weighted by atomic mass is 10.1. The number of amides is 1. The van der Waals surface area contributed by atoms with Crippen LogP contribution >= 0.6 is 0 Å². The van der Waals surface area contributed by atoms with Gasteiger partial charge in [0, 0.05) is 18.7 Å². The number of nitrogens with one attached hydrogen (secondary N) is 1. The maximum atomic E-state index is 13.4. The molecule has 2 aromatic carbocycles. The van der Waals surface area contributed by atoms with Crippen LogP contribution in [0.3, 0.4) is 0 Å². The number of ether oxygens (including phenoxy) is 1. The van der Waals surface area contributed by atoms with Gasteiger partial charge in [-0.2, -0.15) is 4.31 Å². The highest BCUT2D eigenvalue weighted by Crippen LogP contribution is 2.23. The van der Waals surface area contributed by atoms with Crippen molar-refractivity contribution in [2.75, 3.05) is 26.3 Å². The first-order chi connectivity index (χ1) is 13.7. The van der Waals surface area contributed by atoms with E-state index in [2.05, 4.69) is 5.32 Å². The van der Waals surface area contributed by atoms with Crippen molar-refractivity contribution in [3.63, 3.8) is 0 Å². The molecule has 1 fully saturated rings. The van der Waals surface area contributed by atoms with Gasteiger partial charge in [0.25, 0.3) is 5.91 Å². The molecule has 1 aliphatic rings. The number of hydrogen-bond donors (Lipinski definition) is 1. The van der Waals surface area contributed by atoms with Gasteiger partial charge in [-0.05, 0) is 49.2 Å². The fourth-order valence-electron chi connectivity index (χ4n) is 3.09. The van der Waals surface area contributed by atoms with E-state index in [-0.39, 0.29) is 23.5 Å². The normalized spacial score (nSPS) is 16.4. The van der Waals surface area contributed by atoms with Crippen LogP contribution in [0.15, 0.2) is 41.3 Å². The van der Waals surface area contributed by atoms with Gasteiger partial charge in [-0.15, -0.1) is 0 Å². The Morgan fingerprint density at radius 2 is 1.79 bits per heavy atom. The first-order valence-electron chi connectivity index (χ1n) is 9.14. The average molecular weight is 424 g/mol. The van der Waals surface area contributed by atoms with Crippen LogP contribution in [0, 0.1) is 18.6 Å². The van der Waals surface area contributed by atoms with Crippen LogP contribution in [0.4, 0.5) is 8.78 Å². The molecule has 0 aliphatic carbocycles. The molecule has 2 aromatic rings. The molecule has 1 atom stereocenters. The average Bonchev–Trinajstić information content (AvgIpc) is 2.70. The molecule has 0 spiro atoms. The number of nitrogens with zero attached hydrogens (tertiary/aromatic N) is 1. The highest BCUT2D eigenvalue weighted by atomic mass is 32.2. The van der Waals surface area contributed by atoms with Crippen LogP contribution in [0.1, 0.15) is 34.5 Å². The van der Waals surface area contributed by atoms with E-state index in [0.29, 0.717) is 24.3 Å². The second-order valence-corrected chi connectivity index (χ2v) is 8.77. The first kappa shape index (κ1) is 21.4. The zero-order valence-electron chi connectivity index (χ0n) is 16.1. The Hall–Kier alpha value is -2.36. The Kier molecular flexibility index (Phi) is 6.30. The Balaban J connectivity index is 1.82. The third-order valence-electron chi connectivity index (χ3n) is 4.83. The molecule has 1 aliphatic heterocycles. The molecule has 6 nitrogen and oxygen atoms in total. The van der Waals surface area contributed by atoms with Gasteiger partial charge in [0.15, 0.2) is 11.6 Å². The summed E-state index contributed by atoms with van der Waals surface area (Å²) in [7, 11) is -3.76. The lowest BCUT2D eigenvalue weighted by Crippen LogP contribution is -2.41. The van der Waals surface area contributed by atoms with Crippen molar-refractivity contribution >= 4 is 15.9 Å². The summed E-state index contributed by atoms with van der Waals surface area (Å²) in [5, 5.41) is 2.68. The molecule has 9 heteroatoms. The molecule has 1 saturated heterocycles. The highest BCUT2D eigenvalue weighted by Gasteiger charge is 2.28. The zero-order valence-corrected chi connectivity index (χ0v) is 16.9. The van der Waals surface area contributed by atoms with Gasteiger partial charge in [-0.25, -0.2) is 17.2 Å². The van der Waals surface area contributed by atoms with Crippen molar-refractivity contribution in [3.05, 3.63) is 64.7 Å². The minimum Gasteiger partial charge on any atom is -0.379 e. The number of sulfonamides is 1. The molecule has 1 unspecified atom stereocenters. The molecule has 29 heavy (non-hydrogen) atoms. The van der Waals surface area contributed by atoms with E-state index in [9.17, 15) is 22.0 Å². The van der Waals surface area contributed by atoms with Gasteiger partial charge in [0.2, 0.25) is 10.0 Å². The third kappa shape index (κ3) is 4.63. The Labute approximate surface area is 168 Å². The van der Waals surface area contributed by atoms with E-state index in [4.69, 9.17) is 4.74 Å². The molecule has 1 N–H and O–H groups in total. The standard InChI is InChI=1S/C20H22F2N2O4S/c1-13-3-4-16(12-19(13)29(26,27)24-7-9-28-10-8-24)20(25)23-14(2)15-5-6-17(21)18(22)11-15/h3-6,11-12,14H,7-10H2,1-2H3,(H,23,25). The van der Waals surface area contributed by atoms with E-state index >= 15 is 0 Å². The second-order valence-electron chi connectivity index (χ2n) is 6.87. The minimum absolute atomic E-state index is 0.0625. The van der Waals surface area contributed by atoms with Gasteiger partial charge in [-0.1, -0.05) is 12.1 Å². The number of halogens is 2. The van der Waals surface area contributed by atoms with Crippen molar-refractivity contribution in [3.8, 4) is 0 Å². The molecule has 1 heterocycles. The lowest BCUT2D eigenvalue weighted by Gasteiger charge is -2.26. The molecule has 1 amide bonds. The largest absolute Gasteiger partial charge is 0.379 e. The molecule has 0 aromatic heterocycles. The first-order valence-corrected chi connectivity index (χ1v) is 10.6. The summed E-state index contributed by atoms with van der Waals surface area (Å²) in [5.74, 6) is -2.48. The van der Waals surface area contributed by atoms with E-state index in [1.807, 2.05) is 0 Å². The van der Waals surface area contributed by atoms with Crippen LogP contribution in [0.25, 0.3) is 0 Å². The smallest absolute Gasteiger partial charge is 0.251 e. The fraction of sp³-hybridized carbons (Fsp3) is 0.350. The number of benzene rings is 2. The van der Waals surface area contributed by atoms with Crippen LogP contribution < -0.4 is 5.32 Å². The summed E-state index contributed by atoms with van der Waals surface area (Å²) >= 11 is 0. The molecular formula is C20H22F2N2O4S. The predicted molar refractivity (Wildman–Crippen MR) is 103 cm³/mol. The monoisotopic (exact) mass is 424 g/mol. The van der Waals surface area contributed by atoms with Crippen LogP contribution in [-0.4, -0.2) is 44.9 Å². The maximum absolute atomic E-state index is 13.4. The third-order valence-corrected chi connectivity index (χ3v) is 6.87. The van der Waals surface area contributed by atoms with E-state index in [1.54, 1.807) is 19.9 Å². The maximum Gasteiger partial charge on any atom is 0.251 e. The van der Waals surface area contributed by atoms with Crippen LogP contribution in [0.5, 0.6) is 0 Å². The van der Waals surface area contributed by atoms with Gasteiger partial charge >= 0.3 is 0 Å². The van der Waals surface area contributed by atoms with Gasteiger partial charge < -0.3 is 10.1 Å². The van der Waals surface area contributed by atoms with Crippen molar-refractivity contribution in [1.29, 1.82) is 0 Å². The summed E-state index contributed by atoms with van der Waals surface area (Å²) in [6.07, 6.45) is 0. The van der Waals surface area contributed by atoms with Gasteiger partial charge in [-0.3, -0.25) is 4.79 Å². The molecule has 0 saturated carbocycles. The second kappa shape index (κ2) is 8.56. The predicted octanol–water partition coefficient (Wildman–Crippen LogP) is 2.79. The number of morpholine rings is 1. The van der Waals surface area contributed by atoms with Crippen LogP contribution in [-0.2, 0) is 14.8 Å². The fourth-order valence-corrected chi connectivity index (χ4v) is 4.75. The molecule has 0 radical (unpaired) electrons. The SMILES string of the molecule is Cc1ccc(C(=O)NC(C)c2ccc(F)c(F)c2)cc1S(=O)(=O)N1CCOCC1. The van der Waals surface area contributed by atoms with Gasteiger partial charge in [0.05, 0.1) is 24.2 Å². The van der Waals surface area contributed by atoms with Crippen molar-refractivity contribution < 1.29 is 26.7 Å². The Morgan fingerprint density at radius 1 is 1.10 bits per heavy atom. The summed E-state index contributed by atoms with van der Waals surface area (Å²) < 4.78 is 59.0. The molecule has 3 rings (SSSR count). The van der Waals surface area contributed by atoms with Crippen LogP contribution in [0.2, 0.25) is 0 Å². The van der Waals surface area contributed by atoms with E-state index < -0.39 is 33.6 Å². The summed E-state index contributed by atoms with van der Waals surface area (Å²) in [5.41, 5.74) is 1.09. The van der Waals surface area contributed by atoms with E-state index in [1.165, 1.54) is 22.5 Å². The number of carbonyl (C=O) groups excluding carboxylic acids is 1. The lowest BCUT2D eigenvalue weighted by molar-refractivity contribution is 0.0730. The van der Waals surface area contributed by atoms with Crippen molar-refractivity contribution in [2.45, 2.75) is 24.8 Å². The van der Waals surface area contributed by atoms with Crippen molar-refractivity contribution in [1.82, 2.24) is 9.62 Å². The molecule has 0 bridgehead atoms. The summed E-state index contributed by atoms with van der Waals surface area (Å²) in [6, 6.07) is 7.24.